The quantitative estimate of drug-likeness (QED) is 0.822. The predicted octanol–water partition coefficient (Wildman–Crippen LogP) is 2.40. The molecule has 0 atom stereocenters. The van der Waals surface area contributed by atoms with Crippen LogP contribution in [-0.4, -0.2) is 31.0 Å². The highest BCUT2D eigenvalue weighted by atomic mass is 35.5. The Morgan fingerprint density at radius 1 is 1.56 bits per heavy atom. The van der Waals surface area contributed by atoms with E-state index in [1.807, 2.05) is 13.0 Å². The number of carbonyl (C=O) groups is 1. The van der Waals surface area contributed by atoms with Crippen LogP contribution in [0.1, 0.15) is 12.0 Å². The highest BCUT2D eigenvalue weighted by molar-refractivity contribution is 6.31. The number of hydrogen-bond donors (Lipinski definition) is 0. The second kappa shape index (κ2) is 6.87. The van der Waals surface area contributed by atoms with Crippen molar-refractivity contribution in [1.29, 1.82) is 5.26 Å². The van der Waals surface area contributed by atoms with Crippen molar-refractivity contribution < 1.29 is 9.53 Å². The molecule has 96 valence electrons. The van der Waals surface area contributed by atoms with Crippen molar-refractivity contribution in [1.82, 2.24) is 4.90 Å². The fourth-order valence-electron chi connectivity index (χ4n) is 1.30. The highest BCUT2D eigenvalue weighted by Gasteiger charge is 2.09. The number of halogens is 1. The summed E-state index contributed by atoms with van der Waals surface area (Å²) in [7, 11) is 1.65. The molecule has 5 heteroatoms. The normalized spacial score (nSPS) is 9.67. The maximum atomic E-state index is 11.6. The Labute approximate surface area is 112 Å². The van der Waals surface area contributed by atoms with E-state index in [-0.39, 0.29) is 12.5 Å². The summed E-state index contributed by atoms with van der Waals surface area (Å²) in [6.07, 6.45) is 0.322. The molecule has 1 rings (SSSR count). The summed E-state index contributed by atoms with van der Waals surface area (Å²) in [5, 5.41) is 9.10. The minimum Gasteiger partial charge on any atom is -0.484 e. The van der Waals surface area contributed by atoms with Crippen LogP contribution in [-0.2, 0) is 4.79 Å². The number of nitriles is 1. The lowest BCUT2D eigenvalue weighted by molar-refractivity contribution is -0.131. The molecule has 0 aromatic heterocycles. The lowest BCUT2D eigenvalue weighted by atomic mass is 10.2. The molecule has 1 amide bonds. The molecule has 1 aromatic rings. The number of likely N-dealkylation sites (N-methyl/N-ethyl adjacent to an activating group) is 1. The van der Waals surface area contributed by atoms with Crippen LogP contribution in [0.2, 0.25) is 5.02 Å². The monoisotopic (exact) mass is 266 g/mol. The van der Waals surface area contributed by atoms with Crippen molar-refractivity contribution in [3.63, 3.8) is 0 Å². The smallest absolute Gasteiger partial charge is 0.260 e. The topological polar surface area (TPSA) is 53.3 Å². The number of carbonyl (C=O) groups excluding carboxylic acids is 1. The summed E-state index contributed by atoms with van der Waals surface area (Å²) < 4.78 is 5.37. The second-order valence-corrected chi connectivity index (χ2v) is 4.33. The van der Waals surface area contributed by atoms with Gasteiger partial charge in [-0.05, 0) is 30.7 Å². The van der Waals surface area contributed by atoms with Gasteiger partial charge in [0.05, 0.1) is 12.5 Å². The van der Waals surface area contributed by atoms with Crippen molar-refractivity contribution in [2.24, 2.45) is 0 Å². The zero-order chi connectivity index (χ0) is 13.5. The van der Waals surface area contributed by atoms with Crippen molar-refractivity contribution in [2.75, 3.05) is 20.2 Å². The average molecular weight is 267 g/mol. The summed E-state index contributed by atoms with van der Waals surface area (Å²) in [6, 6.07) is 7.23. The molecule has 0 N–H and O–H groups in total. The van der Waals surface area contributed by atoms with Gasteiger partial charge < -0.3 is 9.64 Å². The maximum Gasteiger partial charge on any atom is 0.260 e. The van der Waals surface area contributed by atoms with E-state index in [0.717, 1.165) is 5.56 Å². The molecule has 18 heavy (non-hydrogen) atoms. The standard InChI is InChI=1S/C13H15ClN2O2/c1-10-8-11(4-5-12(10)14)18-9-13(17)16(2)7-3-6-15/h4-5,8H,3,7,9H2,1-2H3. The third-order valence-electron chi connectivity index (χ3n) is 2.48. The van der Waals surface area contributed by atoms with E-state index in [9.17, 15) is 4.79 Å². The van der Waals surface area contributed by atoms with Gasteiger partial charge in [0.1, 0.15) is 5.75 Å². The van der Waals surface area contributed by atoms with Gasteiger partial charge >= 0.3 is 0 Å². The molecule has 0 aliphatic carbocycles. The van der Waals surface area contributed by atoms with Crippen molar-refractivity contribution >= 4 is 17.5 Å². The van der Waals surface area contributed by atoms with Crippen LogP contribution >= 0.6 is 11.6 Å². The Hall–Kier alpha value is -1.73. The number of rotatable bonds is 5. The van der Waals surface area contributed by atoms with E-state index in [1.165, 1.54) is 4.90 Å². The number of hydrogen-bond acceptors (Lipinski definition) is 3. The molecule has 0 fully saturated rings. The number of aryl methyl sites for hydroxylation is 1. The summed E-state index contributed by atoms with van der Waals surface area (Å²) in [4.78, 5) is 13.1. The summed E-state index contributed by atoms with van der Waals surface area (Å²) in [5.41, 5.74) is 0.902. The Balaban J connectivity index is 2.47. The zero-order valence-electron chi connectivity index (χ0n) is 10.4. The van der Waals surface area contributed by atoms with Crippen molar-refractivity contribution in [3.8, 4) is 11.8 Å². The molecule has 0 bridgehead atoms. The van der Waals surface area contributed by atoms with E-state index in [0.29, 0.717) is 23.7 Å². The first-order valence-corrected chi connectivity index (χ1v) is 5.92. The fourth-order valence-corrected chi connectivity index (χ4v) is 1.42. The van der Waals surface area contributed by atoms with Crippen molar-refractivity contribution in [3.05, 3.63) is 28.8 Å². The number of amides is 1. The van der Waals surface area contributed by atoms with Gasteiger partial charge in [0.15, 0.2) is 6.61 Å². The van der Waals surface area contributed by atoms with E-state index in [2.05, 4.69) is 0 Å². The lowest BCUT2D eigenvalue weighted by Crippen LogP contribution is -2.32. The van der Waals surface area contributed by atoms with Crippen LogP contribution in [0, 0.1) is 18.3 Å². The fraction of sp³-hybridized carbons (Fsp3) is 0.385. The van der Waals surface area contributed by atoms with E-state index in [4.69, 9.17) is 21.6 Å². The molecule has 0 aliphatic heterocycles. The summed E-state index contributed by atoms with van der Waals surface area (Å²) in [5.74, 6) is 0.455. The van der Waals surface area contributed by atoms with Gasteiger partial charge in [-0.25, -0.2) is 0 Å². The largest absolute Gasteiger partial charge is 0.484 e. The minimum absolute atomic E-state index is 0.0387. The van der Waals surface area contributed by atoms with Gasteiger partial charge in [0.25, 0.3) is 5.91 Å². The molecule has 0 spiro atoms. The van der Waals surface area contributed by atoms with Crippen LogP contribution in [0.4, 0.5) is 0 Å². The lowest BCUT2D eigenvalue weighted by Gasteiger charge is -2.15. The number of benzene rings is 1. The van der Waals surface area contributed by atoms with Gasteiger partial charge in [-0.1, -0.05) is 11.6 Å². The summed E-state index contributed by atoms with van der Waals surface area (Å²) >= 11 is 5.89. The molecule has 1 aromatic carbocycles. The predicted molar refractivity (Wildman–Crippen MR) is 69.6 cm³/mol. The molecular formula is C13H15ClN2O2. The van der Waals surface area contributed by atoms with Crippen LogP contribution in [0.15, 0.2) is 18.2 Å². The van der Waals surface area contributed by atoms with Crippen LogP contribution in [0.25, 0.3) is 0 Å². The highest BCUT2D eigenvalue weighted by Crippen LogP contribution is 2.20. The van der Waals surface area contributed by atoms with Gasteiger partial charge in [-0.3, -0.25) is 4.79 Å². The SMILES string of the molecule is Cc1cc(OCC(=O)N(C)CCC#N)ccc1Cl. The third kappa shape index (κ3) is 4.27. The van der Waals surface area contributed by atoms with E-state index in [1.54, 1.807) is 25.2 Å². The molecule has 0 saturated heterocycles. The maximum absolute atomic E-state index is 11.6. The van der Waals surface area contributed by atoms with Crippen LogP contribution in [0.3, 0.4) is 0 Å². The van der Waals surface area contributed by atoms with Crippen molar-refractivity contribution in [2.45, 2.75) is 13.3 Å². The molecule has 0 saturated carbocycles. The first-order valence-electron chi connectivity index (χ1n) is 5.54. The molecule has 0 radical (unpaired) electrons. The number of ether oxygens (including phenoxy) is 1. The molecule has 0 unspecified atom stereocenters. The Morgan fingerprint density at radius 3 is 2.89 bits per heavy atom. The first kappa shape index (κ1) is 14.3. The van der Waals surface area contributed by atoms with Gasteiger partial charge in [0, 0.05) is 18.6 Å². The number of nitrogens with zero attached hydrogens (tertiary/aromatic N) is 2. The Morgan fingerprint density at radius 2 is 2.28 bits per heavy atom. The zero-order valence-corrected chi connectivity index (χ0v) is 11.2. The molecule has 4 nitrogen and oxygen atoms in total. The van der Waals surface area contributed by atoms with Gasteiger partial charge in [-0.15, -0.1) is 0 Å². The van der Waals surface area contributed by atoms with Gasteiger partial charge in [-0.2, -0.15) is 5.26 Å². The van der Waals surface area contributed by atoms with E-state index >= 15 is 0 Å². The molecule has 0 heterocycles. The first-order chi connectivity index (χ1) is 8.54. The van der Waals surface area contributed by atoms with E-state index < -0.39 is 0 Å². The Kier molecular flexibility index (Phi) is 5.47. The molecular weight excluding hydrogens is 252 g/mol. The van der Waals surface area contributed by atoms with Gasteiger partial charge in [0.2, 0.25) is 0 Å². The minimum atomic E-state index is -0.155. The van der Waals surface area contributed by atoms with Crippen LogP contribution in [0.5, 0.6) is 5.75 Å². The average Bonchev–Trinajstić information content (AvgIpc) is 2.36. The van der Waals surface area contributed by atoms with Crippen LogP contribution < -0.4 is 4.74 Å². The Bertz CT molecular complexity index is 469. The molecule has 0 aliphatic rings. The summed E-state index contributed by atoms with van der Waals surface area (Å²) in [6.45, 7) is 2.25. The second-order valence-electron chi connectivity index (χ2n) is 3.92. The third-order valence-corrected chi connectivity index (χ3v) is 2.90.